The summed E-state index contributed by atoms with van der Waals surface area (Å²) in [4.78, 5) is 26.2. The zero-order chi connectivity index (χ0) is 17.7. The van der Waals surface area contributed by atoms with Gasteiger partial charge >= 0.3 is 6.09 Å². The highest BCUT2D eigenvalue weighted by Gasteiger charge is 2.39. The molecular formula is C20H28N2O3. The first kappa shape index (κ1) is 17.8. The maximum Gasteiger partial charge on any atom is 0.409 e. The van der Waals surface area contributed by atoms with E-state index in [1.165, 1.54) is 12.0 Å². The van der Waals surface area contributed by atoms with Crippen molar-refractivity contribution < 1.29 is 14.3 Å². The van der Waals surface area contributed by atoms with Gasteiger partial charge in [-0.1, -0.05) is 36.8 Å². The zero-order valence-corrected chi connectivity index (χ0v) is 15.0. The molecule has 5 heteroatoms. The van der Waals surface area contributed by atoms with Crippen LogP contribution in [0.3, 0.4) is 0 Å². The fourth-order valence-corrected chi connectivity index (χ4v) is 3.94. The standard InChI is InChI=1S/C20H28N2O3/c1-2-25-19(24)22-13-6-8-16(14-22)18(23)21-15-20(11-7-12-20)17-9-4-3-5-10-17/h3-5,9-10,16H,2,6-8,11-15H2,1H3,(H,21,23)/t16-/m1/s1. The molecule has 1 aromatic rings. The van der Waals surface area contributed by atoms with Gasteiger partial charge in [0.2, 0.25) is 5.91 Å². The maximum atomic E-state index is 12.7. The third-order valence-corrected chi connectivity index (χ3v) is 5.62. The highest BCUT2D eigenvalue weighted by atomic mass is 16.6. The van der Waals surface area contributed by atoms with E-state index >= 15 is 0 Å². The summed E-state index contributed by atoms with van der Waals surface area (Å²) in [7, 11) is 0. The molecule has 3 rings (SSSR count). The number of carbonyl (C=O) groups is 2. The van der Waals surface area contributed by atoms with Crippen molar-refractivity contribution in [2.45, 2.75) is 44.4 Å². The van der Waals surface area contributed by atoms with E-state index in [0.717, 1.165) is 25.7 Å². The molecule has 5 nitrogen and oxygen atoms in total. The van der Waals surface area contributed by atoms with Gasteiger partial charge in [0.15, 0.2) is 0 Å². The molecule has 1 atom stereocenters. The number of hydrogen-bond acceptors (Lipinski definition) is 3. The number of likely N-dealkylation sites (tertiary alicyclic amines) is 1. The summed E-state index contributed by atoms with van der Waals surface area (Å²) in [6.07, 6.45) is 4.83. The molecular weight excluding hydrogens is 316 g/mol. The van der Waals surface area contributed by atoms with Gasteiger partial charge < -0.3 is 15.0 Å². The zero-order valence-electron chi connectivity index (χ0n) is 15.0. The van der Waals surface area contributed by atoms with Crippen LogP contribution < -0.4 is 5.32 Å². The number of piperidine rings is 1. The van der Waals surface area contributed by atoms with Crippen LogP contribution in [0.5, 0.6) is 0 Å². The average molecular weight is 344 g/mol. The van der Waals surface area contributed by atoms with Gasteiger partial charge in [-0.2, -0.15) is 0 Å². The summed E-state index contributed by atoms with van der Waals surface area (Å²) in [5.41, 5.74) is 1.41. The molecule has 1 aliphatic heterocycles. The first-order valence-electron chi connectivity index (χ1n) is 9.39. The second-order valence-electron chi connectivity index (χ2n) is 7.20. The summed E-state index contributed by atoms with van der Waals surface area (Å²) < 4.78 is 5.06. The minimum absolute atomic E-state index is 0.0659. The van der Waals surface area contributed by atoms with Crippen LogP contribution in [0.1, 0.15) is 44.6 Å². The van der Waals surface area contributed by atoms with E-state index in [1.54, 1.807) is 11.8 Å². The monoisotopic (exact) mass is 344 g/mol. The maximum absolute atomic E-state index is 12.7. The Hall–Kier alpha value is -2.04. The predicted molar refractivity (Wildman–Crippen MR) is 96.3 cm³/mol. The minimum Gasteiger partial charge on any atom is -0.450 e. The summed E-state index contributed by atoms with van der Waals surface area (Å²) in [6.45, 7) is 3.99. The molecule has 1 aliphatic carbocycles. The van der Waals surface area contributed by atoms with Gasteiger partial charge in [-0.25, -0.2) is 4.79 Å². The first-order valence-corrected chi connectivity index (χ1v) is 9.39. The molecule has 25 heavy (non-hydrogen) atoms. The number of rotatable bonds is 5. The summed E-state index contributed by atoms with van der Waals surface area (Å²) in [5, 5.41) is 3.17. The van der Waals surface area contributed by atoms with Crippen molar-refractivity contribution in [1.82, 2.24) is 10.2 Å². The van der Waals surface area contributed by atoms with Gasteiger partial charge in [-0.05, 0) is 38.2 Å². The van der Waals surface area contributed by atoms with Gasteiger partial charge in [0, 0.05) is 25.0 Å². The number of nitrogens with zero attached hydrogens (tertiary/aromatic N) is 1. The van der Waals surface area contributed by atoms with E-state index in [4.69, 9.17) is 4.74 Å². The van der Waals surface area contributed by atoms with Gasteiger partial charge in [0.05, 0.1) is 12.5 Å². The Morgan fingerprint density at radius 3 is 2.64 bits per heavy atom. The Kier molecular flexibility index (Phi) is 5.61. The fourth-order valence-electron chi connectivity index (χ4n) is 3.94. The van der Waals surface area contributed by atoms with Gasteiger partial charge in [0.1, 0.15) is 0 Å². The van der Waals surface area contributed by atoms with E-state index in [-0.39, 0.29) is 23.3 Å². The van der Waals surface area contributed by atoms with Gasteiger partial charge in [-0.15, -0.1) is 0 Å². The van der Waals surface area contributed by atoms with Crippen LogP contribution in [0.2, 0.25) is 0 Å². The summed E-state index contributed by atoms with van der Waals surface area (Å²) in [5.74, 6) is -0.0674. The second-order valence-corrected chi connectivity index (χ2v) is 7.20. The van der Waals surface area contributed by atoms with Crippen LogP contribution in [0.4, 0.5) is 4.79 Å². The molecule has 0 radical (unpaired) electrons. The van der Waals surface area contributed by atoms with Crippen molar-refractivity contribution in [3.8, 4) is 0 Å². The topological polar surface area (TPSA) is 58.6 Å². The number of ether oxygens (including phenoxy) is 1. The molecule has 0 spiro atoms. The molecule has 136 valence electrons. The van der Waals surface area contributed by atoms with Crippen molar-refractivity contribution in [2.24, 2.45) is 5.92 Å². The first-order chi connectivity index (χ1) is 12.1. The lowest BCUT2D eigenvalue weighted by molar-refractivity contribution is -0.126. The van der Waals surface area contributed by atoms with Crippen molar-refractivity contribution in [1.29, 1.82) is 0 Å². The molecule has 1 saturated heterocycles. The van der Waals surface area contributed by atoms with Crippen LogP contribution in [0, 0.1) is 5.92 Å². The number of amides is 2. The lowest BCUT2D eigenvalue weighted by atomic mass is 9.64. The number of benzene rings is 1. The molecule has 1 heterocycles. The number of hydrogen-bond donors (Lipinski definition) is 1. The van der Waals surface area contributed by atoms with Crippen LogP contribution in [-0.4, -0.2) is 43.1 Å². The molecule has 2 fully saturated rings. The second kappa shape index (κ2) is 7.89. The SMILES string of the molecule is CCOC(=O)N1CCC[C@@H](C(=O)NCC2(c3ccccc3)CCC2)C1. The highest BCUT2D eigenvalue weighted by molar-refractivity contribution is 5.80. The Balaban J connectivity index is 1.56. The third kappa shape index (κ3) is 3.97. The summed E-state index contributed by atoms with van der Waals surface area (Å²) >= 11 is 0. The molecule has 2 aliphatic rings. The van der Waals surface area contributed by atoms with E-state index < -0.39 is 0 Å². The molecule has 0 aromatic heterocycles. The summed E-state index contributed by atoms with van der Waals surface area (Å²) in [6, 6.07) is 10.5. The molecule has 1 aromatic carbocycles. The predicted octanol–water partition coefficient (Wildman–Crippen LogP) is 3.09. The third-order valence-electron chi connectivity index (χ3n) is 5.62. The Bertz CT molecular complexity index is 598. The van der Waals surface area contributed by atoms with Crippen LogP contribution in [0.25, 0.3) is 0 Å². The molecule has 0 unspecified atom stereocenters. The van der Waals surface area contributed by atoms with Crippen LogP contribution in [0.15, 0.2) is 30.3 Å². The normalized spacial score (nSPS) is 22.0. The van der Waals surface area contributed by atoms with Gasteiger partial charge in [0.25, 0.3) is 0 Å². The Morgan fingerprint density at radius 1 is 1.24 bits per heavy atom. The largest absolute Gasteiger partial charge is 0.450 e. The average Bonchev–Trinajstić information content (AvgIpc) is 2.62. The number of nitrogens with one attached hydrogen (secondary N) is 1. The quantitative estimate of drug-likeness (QED) is 0.893. The Labute approximate surface area is 149 Å². The molecule has 1 saturated carbocycles. The van der Waals surface area contributed by atoms with E-state index in [2.05, 4.69) is 29.6 Å². The number of carbonyl (C=O) groups excluding carboxylic acids is 2. The van der Waals surface area contributed by atoms with Gasteiger partial charge in [-0.3, -0.25) is 4.79 Å². The van der Waals surface area contributed by atoms with E-state index in [1.807, 2.05) is 6.07 Å². The van der Waals surface area contributed by atoms with E-state index in [0.29, 0.717) is 26.2 Å². The lowest BCUT2D eigenvalue weighted by Crippen LogP contribution is -2.50. The van der Waals surface area contributed by atoms with Crippen LogP contribution in [-0.2, 0) is 14.9 Å². The smallest absolute Gasteiger partial charge is 0.409 e. The minimum atomic E-state index is -0.306. The lowest BCUT2D eigenvalue weighted by Gasteiger charge is -2.43. The van der Waals surface area contributed by atoms with Crippen molar-refractivity contribution in [2.75, 3.05) is 26.2 Å². The molecule has 2 amide bonds. The van der Waals surface area contributed by atoms with Crippen molar-refractivity contribution in [3.63, 3.8) is 0 Å². The van der Waals surface area contributed by atoms with Crippen LogP contribution >= 0.6 is 0 Å². The Morgan fingerprint density at radius 2 is 2.00 bits per heavy atom. The van der Waals surface area contributed by atoms with E-state index in [9.17, 15) is 9.59 Å². The molecule has 0 bridgehead atoms. The van der Waals surface area contributed by atoms with Crippen molar-refractivity contribution >= 4 is 12.0 Å². The highest BCUT2D eigenvalue weighted by Crippen LogP contribution is 2.43. The van der Waals surface area contributed by atoms with Crippen molar-refractivity contribution in [3.05, 3.63) is 35.9 Å². The fraction of sp³-hybridized carbons (Fsp3) is 0.600. The molecule has 1 N–H and O–H groups in total.